The first kappa shape index (κ1) is 13.5. The van der Waals surface area contributed by atoms with Crippen LogP contribution in [-0.4, -0.2) is 33.9 Å². The Bertz CT molecular complexity index is 601. The molecule has 0 aliphatic rings. The zero-order valence-electron chi connectivity index (χ0n) is 8.54. The molecule has 0 spiro atoms. The highest BCUT2D eigenvalue weighted by atomic mass is 32.2. The lowest BCUT2D eigenvalue weighted by Crippen LogP contribution is -2.04. The van der Waals surface area contributed by atoms with E-state index in [9.17, 15) is 16.8 Å². The van der Waals surface area contributed by atoms with Crippen molar-refractivity contribution < 1.29 is 21.4 Å². The molecule has 0 saturated heterocycles. The zero-order chi connectivity index (χ0) is 12.6. The molecule has 8 heteroatoms. The summed E-state index contributed by atoms with van der Waals surface area (Å²) in [6.45, 7) is 0. The van der Waals surface area contributed by atoms with Crippen molar-refractivity contribution in [3.05, 3.63) is 18.2 Å². The van der Waals surface area contributed by atoms with Gasteiger partial charge in [-0.25, -0.2) is 8.42 Å². The molecule has 0 atom stereocenters. The summed E-state index contributed by atoms with van der Waals surface area (Å²) in [6.07, 6.45) is 2.60. The van der Waals surface area contributed by atoms with E-state index in [0.717, 1.165) is 24.1 Å². The maximum atomic E-state index is 11.2. The normalized spacial score (nSPS) is 12.7. The van der Waals surface area contributed by atoms with E-state index in [1.54, 1.807) is 6.26 Å². The standard InChI is InChI=1S/C8H10O5S3/c1-14-7-4-3-6(15(2,9)10)5-8(7)16(11,12)13/h3-5H,1-2H3,(H,11,12,13). The van der Waals surface area contributed by atoms with Gasteiger partial charge in [0.25, 0.3) is 10.1 Å². The topological polar surface area (TPSA) is 88.5 Å². The Labute approximate surface area is 98.5 Å². The van der Waals surface area contributed by atoms with E-state index in [1.165, 1.54) is 12.1 Å². The molecule has 1 rings (SSSR count). The van der Waals surface area contributed by atoms with E-state index < -0.39 is 20.0 Å². The molecule has 0 aliphatic heterocycles. The SMILES string of the molecule is CSc1ccc(S(C)(=O)=O)cc1S(=O)(=O)O. The third-order valence-corrected chi connectivity index (χ3v) is 4.77. The minimum absolute atomic E-state index is 0.141. The number of hydrogen-bond donors (Lipinski definition) is 1. The van der Waals surface area contributed by atoms with Crippen molar-refractivity contribution in [3.63, 3.8) is 0 Å². The van der Waals surface area contributed by atoms with Crippen molar-refractivity contribution in [3.8, 4) is 0 Å². The van der Waals surface area contributed by atoms with Crippen molar-refractivity contribution in [1.82, 2.24) is 0 Å². The molecule has 1 N–H and O–H groups in total. The van der Waals surface area contributed by atoms with Crippen molar-refractivity contribution in [2.45, 2.75) is 14.7 Å². The van der Waals surface area contributed by atoms with Gasteiger partial charge in [0, 0.05) is 11.2 Å². The Hall–Kier alpha value is -0.570. The predicted octanol–water partition coefficient (Wildman–Crippen LogP) is 1.06. The van der Waals surface area contributed by atoms with Crippen molar-refractivity contribution in [2.24, 2.45) is 0 Å². The highest BCUT2D eigenvalue weighted by Crippen LogP contribution is 2.27. The van der Waals surface area contributed by atoms with Crippen molar-refractivity contribution >= 4 is 31.7 Å². The first-order valence-electron chi connectivity index (χ1n) is 4.02. The molecule has 0 heterocycles. The van der Waals surface area contributed by atoms with Crippen LogP contribution in [0.5, 0.6) is 0 Å². The third kappa shape index (κ3) is 2.97. The second kappa shape index (κ2) is 4.36. The number of rotatable bonds is 3. The van der Waals surface area contributed by atoms with Crippen LogP contribution in [0.4, 0.5) is 0 Å². The van der Waals surface area contributed by atoms with Gasteiger partial charge in [-0.05, 0) is 24.5 Å². The molecule has 0 fully saturated rings. The van der Waals surface area contributed by atoms with Crippen LogP contribution in [0.1, 0.15) is 0 Å². The lowest BCUT2D eigenvalue weighted by atomic mass is 10.4. The monoisotopic (exact) mass is 282 g/mol. The molecule has 16 heavy (non-hydrogen) atoms. The predicted molar refractivity (Wildman–Crippen MR) is 61.1 cm³/mol. The van der Waals surface area contributed by atoms with E-state index in [1.807, 2.05) is 0 Å². The maximum absolute atomic E-state index is 11.2. The van der Waals surface area contributed by atoms with Gasteiger partial charge in [-0.1, -0.05) is 0 Å². The average molecular weight is 282 g/mol. The highest BCUT2D eigenvalue weighted by molar-refractivity contribution is 7.99. The number of thioether (sulfide) groups is 1. The number of benzene rings is 1. The van der Waals surface area contributed by atoms with Gasteiger partial charge < -0.3 is 0 Å². The Morgan fingerprint density at radius 3 is 2.12 bits per heavy atom. The molecule has 1 aromatic rings. The molecule has 0 amide bonds. The lowest BCUT2D eigenvalue weighted by Gasteiger charge is -2.06. The van der Waals surface area contributed by atoms with E-state index in [-0.39, 0.29) is 9.79 Å². The third-order valence-electron chi connectivity index (χ3n) is 1.84. The molecule has 0 aromatic heterocycles. The van der Waals surface area contributed by atoms with Crippen LogP contribution in [0.2, 0.25) is 0 Å². The summed E-state index contributed by atoms with van der Waals surface area (Å²) in [5.41, 5.74) is 0. The van der Waals surface area contributed by atoms with Crippen LogP contribution >= 0.6 is 11.8 Å². The van der Waals surface area contributed by atoms with E-state index >= 15 is 0 Å². The molecular formula is C8H10O5S3. The average Bonchev–Trinajstić information content (AvgIpc) is 2.14. The molecule has 90 valence electrons. The Morgan fingerprint density at radius 1 is 1.19 bits per heavy atom. The quantitative estimate of drug-likeness (QED) is 0.658. The highest BCUT2D eigenvalue weighted by Gasteiger charge is 2.18. The summed E-state index contributed by atoms with van der Waals surface area (Å²) in [5, 5.41) is 0. The van der Waals surface area contributed by atoms with Gasteiger partial charge in [-0.2, -0.15) is 8.42 Å². The molecule has 0 aliphatic carbocycles. The van der Waals surface area contributed by atoms with Crippen LogP contribution in [0.15, 0.2) is 32.9 Å². The summed E-state index contributed by atoms with van der Waals surface area (Å²) in [7, 11) is -7.91. The van der Waals surface area contributed by atoms with Crippen LogP contribution in [-0.2, 0) is 20.0 Å². The van der Waals surface area contributed by atoms with Gasteiger partial charge in [0.15, 0.2) is 9.84 Å². The smallest absolute Gasteiger partial charge is 0.282 e. The van der Waals surface area contributed by atoms with Crippen LogP contribution in [0.3, 0.4) is 0 Å². The summed E-state index contributed by atoms with van der Waals surface area (Å²) >= 11 is 1.11. The van der Waals surface area contributed by atoms with Gasteiger partial charge in [0.2, 0.25) is 0 Å². The minimum atomic E-state index is -4.41. The van der Waals surface area contributed by atoms with E-state index in [0.29, 0.717) is 4.90 Å². The van der Waals surface area contributed by atoms with Crippen molar-refractivity contribution in [1.29, 1.82) is 0 Å². The largest absolute Gasteiger partial charge is 0.295 e. The lowest BCUT2D eigenvalue weighted by molar-refractivity contribution is 0.480. The second-order valence-corrected chi connectivity index (χ2v) is 7.31. The van der Waals surface area contributed by atoms with Crippen LogP contribution in [0, 0.1) is 0 Å². The Balaban J connectivity index is 3.58. The fourth-order valence-corrected chi connectivity index (χ4v) is 3.44. The summed E-state index contributed by atoms with van der Waals surface area (Å²) < 4.78 is 53.5. The molecular weight excluding hydrogens is 272 g/mol. The first-order chi connectivity index (χ1) is 7.16. The Kier molecular flexibility index (Phi) is 3.68. The first-order valence-corrected chi connectivity index (χ1v) is 8.57. The molecule has 0 unspecified atom stereocenters. The number of sulfone groups is 1. The molecule has 1 aromatic carbocycles. The maximum Gasteiger partial charge on any atom is 0.295 e. The molecule has 0 radical (unpaired) electrons. The van der Waals surface area contributed by atoms with Crippen LogP contribution in [0.25, 0.3) is 0 Å². The van der Waals surface area contributed by atoms with Gasteiger partial charge in [-0.15, -0.1) is 11.8 Å². The number of hydrogen-bond acceptors (Lipinski definition) is 5. The Morgan fingerprint density at radius 2 is 1.75 bits per heavy atom. The summed E-state index contributed by atoms with van der Waals surface area (Å²) in [5.74, 6) is 0. The molecule has 5 nitrogen and oxygen atoms in total. The van der Waals surface area contributed by atoms with Gasteiger partial charge >= 0.3 is 0 Å². The molecule has 0 bridgehead atoms. The van der Waals surface area contributed by atoms with E-state index in [2.05, 4.69) is 0 Å². The molecule has 0 saturated carbocycles. The van der Waals surface area contributed by atoms with Gasteiger partial charge in [0.1, 0.15) is 4.90 Å². The summed E-state index contributed by atoms with van der Waals surface area (Å²) in [4.78, 5) is -0.226. The van der Waals surface area contributed by atoms with Crippen LogP contribution < -0.4 is 0 Å². The summed E-state index contributed by atoms with van der Waals surface area (Å²) in [6, 6.07) is 3.61. The zero-order valence-corrected chi connectivity index (χ0v) is 11.0. The van der Waals surface area contributed by atoms with Gasteiger partial charge in [0.05, 0.1) is 4.90 Å². The fraction of sp³-hybridized carbons (Fsp3) is 0.250. The minimum Gasteiger partial charge on any atom is -0.282 e. The fourth-order valence-electron chi connectivity index (χ4n) is 1.09. The van der Waals surface area contributed by atoms with Crippen molar-refractivity contribution in [2.75, 3.05) is 12.5 Å². The van der Waals surface area contributed by atoms with E-state index in [4.69, 9.17) is 4.55 Å². The second-order valence-electron chi connectivity index (χ2n) is 3.06. The van der Waals surface area contributed by atoms with Gasteiger partial charge in [-0.3, -0.25) is 4.55 Å².